The van der Waals surface area contributed by atoms with Gasteiger partial charge in [0.1, 0.15) is 5.58 Å². The van der Waals surface area contributed by atoms with Crippen molar-refractivity contribution in [3.63, 3.8) is 0 Å². The number of hydrogen-bond donors (Lipinski definition) is 1. The summed E-state index contributed by atoms with van der Waals surface area (Å²) >= 11 is 6.26. The summed E-state index contributed by atoms with van der Waals surface area (Å²) in [5.74, 6) is 0.382. The van der Waals surface area contributed by atoms with Crippen molar-refractivity contribution in [2.75, 3.05) is 0 Å². The van der Waals surface area contributed by atoms with Crippen LogP contribution in [0.3, 0.4) is 0 Å². The van der Waals surface area contributed by atoms with Gasteiger partial charge in [-0.25, -0.2) is 0 Å². The van der Waals surface area contributed by atoms with Crippen molar-refractivity contribution in [3.8, 4) is 0 Å². The van der Waals surface area contributed by atoms with E-state index < -0.39 is 0 Å². The first-order valence-corrected chi connectivity index (χ1v) is 7.71. The quantitative estimate of drug-likeness (QED) is 0.776. The third-order valence-corrected chi connectivity index (χ3v) is 4.34. The lowest BCUT2D eigenvalue weighted by atomic mass is 10.1. The normalized spacial score (nSPS) is 18.1. The first-order chi connectivity index (χ1) is 11.2. The van der Waals surface area contributed by atoms with Crippen LogP contribution in [0.5, 0.6) is 0 Å². The molecular weight excluding hydrogens is 312 g/mol. The molecule has 0 saturated heterocycles. The van der Waals surface area contributed by atoms with Crippen LogP contribution in [0.15, 0.2) is 71.2 Å². The first kappa shape index (κ1) is 14.2. The predicted molar refractivity (Wildman–Crippen MR) is 89.3 cm³/mol. The molecule has 2 aromatic carbocycles. The molecule has 0 saturated carbocycles. The molecule has 4 nitrogen and oxygen atoms in total. The van der Waals surface area contributed by atoms with Crippen LogP contribution in [0.2, 0.25) is 5.02 Å². The van der Waals surface area contributed by atoms with Crippen LogP contribution in [-0.2, 0) is 11.4 Å². The van der Waals surface area contributed by atoms with E-state index in [2.05, 4.69) is 0 Å². The summed E-state index contributed by atoms with van der Waals surface area (Å²) in [6, 6.07) is 15.5. The van der Waals surface area contributed by atoms with Gasteiger partial charge in [-0.05, 0) is 17.7 Å². The van der Waals surface area contributed by atoms with Crippen LogP contribution in [0.25, 0.3) is 11.0 Å². The van der Waals surface area contributed by atoms with Gasteiger partial charge in [0.15, 0.2) is 0 Å². The number of benzene rings is 2. The molecule has 1 aliphatic rings. The lowest BCUT2D eigenvalue weighted by molar-refractivity contribution is -0.127. The Morgan fingerprint density at radius 2 is 1.87 bits per heavy atom. The second-order valence-corrected chi connectivity index (χ2v) is 5.87. The summed E-state index contributed by atoms with van der Waals surface area (Å²) < 4.78 is 5.64. The van der Waals surface area contributed by atoms with Gasteiger partial charge < -0.3 is 15.0 Å². The van der Waals surface area contributed by atoms with Crippen molar-refractivity contribution in [2.24, 2.45) is 5.73 Å². The Labute approximate surface area is 138 Å². The van der Waals surface area contributed by atoms with Gasteiger partial charge in [0.25, 0.3) is 0 Å². The number of nitrogens with two attached hydrogens (primary N) is 1. The van der Waals surface area contributed by atoms with Gasteiger partial charge in [0, 0.05) is 22.0 Å². The number of hydroxylamine groups is 2. The van der Waals surface area contributed by atoms with Gasteiger partial charge in [-0.1, -0.05) is 48.0 Å². The maximum atomic E-state index is 6.26. The molecular formula is C18H15ClN2O2. The van der Waals surface area contributed by atoms with E-state index in [1.165, 1.54) is 0 Å². The fourth-order valence-electron chi connectivity index (χ4n) is 2.86. The number of halogens is 1. The van der Waals surface area contributed by atoms with E-state index in [1.807, 2.05) is 59.7 Å². The standard InChI is InChI=1S/C18H15ClN2O2/c19-15-7-3-1-5-12(15)10-21-16(9-18(20)23-21)14-11-22-17-8-4-2-6-13(14)17/h1-9,11,16H,10,20H2. The van der Waals surface area contributed by atoms with Gasteiger partial charge in [0.2, 0.25) is 5.88 Å². The first-order valence-electron chi connectivity index (χ1n) is 7.34. The molecule has 2 N–H and O–H groups in total. The minimum absolute atomic E-state index is 0.116. The number of rotatable bonds is 3. The molecule has 0 fully saturated rings. The zero-order valence-electron chi connectivity index (χ0n) is 12.3. The van der Waals surface area contributed by atoms with Gasteiger partial charge in [-0.15, -0.1) is 5.06 Å². The lowest BCUT2D eigenvalue weighted by Crippen LogP contribution is -2.23. The number of fused-ring (bicyclic) bond motifs is 1. The predicted octanol–water partition coefficient (Wildman–Crippen LogP) is 4.37. The van der Waals surface area contributed by atoms with Crippen molar-refractivity contribution in [1.82, 2.24) is 5.06 Å². The molecule has 3 aromatic rings. The van der Waals surface area contributed by atoms with Gasteiger partial charge in [-0.2, -0.15) is 0 Å². The Bertz CT molecular complexity index is 887. The van der Waals surface area contributed by atoms with Crippen LogP contribution >= 0.6 is 11.6 Å². The van der Waals surface area contributed by atoms with Crippen LogP contribution in [0.1, 0.15) is 17.2 Å². The van der Waals surface area contributed by atoms with Crippen molar-refractivity contribution in [2.45, 2.75) is 12.6 Å². The summed E-state index contributed by atoms with van der Waals surface area (Å²) in [6.45, 7) is 0.529. The fourth-order valence-corrected chi connectivity index (χ4v) is 3.05. The van der Waals surface area contributed by atoms with Crippen LogP contribution in [-0.4, -0.2) is 5.06 Å². The fraction of sp³-hybridized carbons (Fsp3) is 0.111. The molecule has 116 valence electrons. The maximum absolute atomic E-state index is 6.26. The third-order valence-electron chi connectivity index (χ3n) is 3.97. The van der Waals surface area contributed by atoms with E-state index in [0.29, 0.717) is 17.5 Å². The molecule has 1 atom stereocenters. The number of furan rings is 1. The summed E-state index contributed by atoms with van der Waals surface area (Å²) in [5.41, 5.74) is 8.74. The van der Waals surface area contributed by atoms with Gasteiger partial charge in [-0.3, -0.25) is 0 Å². The average Bonchev–Trinajstić information content (AvgIpc) is 3.13. The van der Waals surface area contributed by atoms with E-state index in [-0.39, 0.29) is 6.04 Å². The third kappa shape index (κ3) is 2.56. The van der Waals surface area contributed by atoms with Gasteiger partial charge in [0.05, 0.1) is 18.8 Å². The van der Waals surface area contributed by atoms with E-state index in [9.17, 15) is 0 Å². The second kappa shape index (κ2) is 5.65. The molecule has 0 aliphatic carbocycles. The molecule has 4 rings (SSSR count). The average molecular weight is 327 g/mol. The number of nitrogens with zero attached hydrogens (tertiary/aromatic N) is 1. The second-order valence-electron chi connectivity index (χ2n) is 5.46. The smallest absolute Gasteiger partial charge is 0.207 e. The zero-order chi connectivity index (χ0) is 15.8. The molecule has 0 radical (unpaired) electrons. The summed E-state index contributed by atoms with van der Waals surface area (Å²) in [5, 5.41) is 3.57. The van der Waals surface area contributed by atoms with E-state index in [4.69, 9.17) is 26.6 Å². The van der Waals surface area contributed by atoms with Crippen molar-refractivity contribution in [3.05, 3.63) is 82.9 Å². The summed E-state index contributed by atoms with van der Waals surface area (Å²) in [6.07, 6.45) is 3.64. The molecule has 1 aliphatic heterocycles. The lowest BCUT2D eigenvalue weighted by Gasteiger charge is -2.22. The Hall–Kier alpha value is -2.43. The van der Waals surface area contributed by atoms with Crippen LogP contribution in [0.4, 0.5) is 0 Å². The Morgan fingerprint density at radius 1 is 1.09 bits per heavy atom. The minimum atomic E-state index is -0.116. The van der Waals surface area contributed by atoms with E-state index >= 15 is 0 Å². The molecule has 2 heterocycles. The highest BCUT2D eigenvalue weighted by Gasteiger charge is 2.30. The molecule has 0 amide bonds. The highest BCUT2D eigenvalue weighted by Crippen LogP contribution is 2.36. The van der Waals surface area contributed by atoms with Crippen LogP contribution < -0.4 is 5.73 Å². The van der Waals surface area contributed by atoms with Crippen LogP contribution in [0, 0.1) is 0 Å². The summed E-state index contributed by atoms with van der Waals surface area (Å²) in [4.78, 5) is 5.68. The Kier molecular flexibility index (Phi) is 3.48. The molecule has 5 heteroatoms. The largest absolute Gasteiger partial charge is 0.464 e. The molecule has 1 unspecified atom stereocenters. The van der Waals surface area contributed by atoms with E-state index in [0.717, 1.165) is 22.1 Å². The Balaban J connectivity index is 1.70. The number of para-hydroxylation sites is 1. The van der Waals surface area contributed by atoms with Crippen molar-refractivity contribution >= 4 is 22.6 Å². The zero-order valence-corrected chi connectivity index (χ0v) is 13.0. The Morgan fingerprint density at radius 3 is 2.74 bits per heavy atom. The van der Waals surface area contributed by atoms with Gasteiger partial charge >= 0.3 is 0 Å². The molecule has 0 bridgehead atoms. The highest BCUT2D eigenvalue weighted by atomic mass is 35.5. The highest BCUT2D eigenvalue weighted by molar-refractivity contribution is 6.31. The maximum Gasteiger partial charge on any atom is 0.207 e. The van der Waals surface area contributed by atoms with Crippen molar-refractivity contribution in [1.29, 1.82) is 0 Å². The molecule has 0 spiro atoms. The SMILES string of the molecule is NC1=CC(c2coc3ccccc23)N(Cc2ccccc2Cl)O1. The monoisotopic (exact) mass is 326 g/mol. The minimum Gasteiger partial charge on any atom is -0.464 e. The number of hydrogen-bond acceptors (Lipinski definition) is 4. The topological polar surface area (TPSA) is 51.6 Å². The van der Waals surface area contributed by atoms with E-state index in [1.54, 1.807) is 6.26 Å². The van der Waals surface area contributed by atoms with Crippen molar-refractivity contribution < 1.29 is 9.25 Å². The molecule has 1 aromatic heterocycles. The summed E-state index contributed by atoms with van der Waals surface area (Å²) in [7, 11) is 0. The molecule has 23 heavy (non-hydrogen) atoms.